The maximum atomic E-state index is 14.4. The molecule has 1 aliphatic carbocycles. The molecule has 5 aliphatic heterocycles. The van der Waals surface area contributed by atoms with Gasteiger partial charge in [0.25, 0.3) is 0 Å². The van der Waals surface area contributed by atoms with E-state index in [2.05, 4.69) is 80.3 Å². The fraction of sp³-hybridized carbons (Fsp3) is 0.492. The molecule has 0 saturated carbocycles. The average Bonchev–Trinajstić information content (AvgIpc) is 4.07. The van der Waals surface area contributed by atoms with Crippen LogP contribution in [-0.4, -0.2) is 40.8 Å². The Morgan fingerprint density at radius 2 is 1.50 bits per heavy atom. The van der Waals surface area contributed by atoms with Crippen LogP contribution in [0.1, 0.15) is 152 Å². The van der Waals surface area contributed by atoms with Crippen LogP contribution in [0.15, 0.2) is 161 Å². The second-order valence-corrected chi connectivity index (χ2v) is 21.1. The number of hydrogen-bond donors (Lipinski definition) is 2. The van der Waals surface area contributed by atoms with E-state index in [0.717, 1.165) is 98.7 Å². The number of nitrogens with zero attached hydrogens (tertiary/aromatic N) is 3. The predicted octanol–water partition coefficient (Wildman–Crippen LogP) is 14.5. The van der Waals surface area contributed by atoms with Crippen molar-refractivity contribution in [2.45, 2.75) is 153 Å². The molecular weight excluding hydrogens is 869 g/mol. The van der Waals surface area contributed by atoms with Gasteiger partial charge < -0.3 is 19.9 Å². The number of ether oxygens (including phenoxy) is 2. The Hall–Kier alpha value is -5.83. The SMILES string of the molecule is C=CC1=C(C)C2=NC1=CC1=NC(=CC3=C(C)C4=C(O)[C@H](C(=O)OCc5ccccc5)C(=C5NC(=C2)[C@@H](C)[C@@H]5CCC(=O)OC/C=C(\C)CCC[C@H](C)CCC[C@H](C)CCCC(C)C)C4=N3)C(CC)=C1C. The highest BCUT2D eigenvalue weighted by Gasteiger charge is 2.49. The molecule has 5 heterocycles. The third-order valence-corrected chi connectivity index (χ3v) is 15.4. The van der Waals surface area contributed by atoms with Gasteiger partial charge >= 0.3 is 11.9 Å². The van der Waals surface area contributed by atoms with E-state index in [1.807, 2.05) is 61.6 Å². The Morgan fingerprint density at radius 3 is 2.19 bits per heavy atom. The predicted molar refractivity (Wildman–Crippen MR) is 286 cm³/mol. The van der Waals surface area contributed by atoms with Gasteiger partial charge in [-0.1, -0.05) is 135 Å². The lowest BCUT2D eigenvalue weighted by atomic mass is 9.84. The van der Waals surface area contributed by atoms with Crippen LogP contribution in [0.25, 0.3) is 0 Å². The molecule has 1 fully saturated rings. The molecule has 9 heteroatoms. The Balaban J connectivity index is 1.12. The third-order valence-electron chi connectivity index (χ3n) is 15.4. The summed E-state index contributed by atoms with van der Waals surface area (Å²) in [5.74, 6) is -0.156. The second kappa shape index (κ2) is 23.4. The van der Waals surface area contributed by atoms with Crippen LogP contribution >= 0.6 is 0 Å². The third kappa shape index (κ3) is 11.8. The van der Waals surface area contributed by atoms with Crippen LogP contribution in [0.2, 0.25) is 0 Å². The molecule has 0 aromatic heterocycles. The summed E-state index contributed by atoms with van der Waals surface area (Å²) in [5.41, 5.74) is 14.0. The number of aliphatic hydroxyl groups excluding tert-OH is 1. The van der Waals surface area contributed by atoms with Gasteiger partial charge in [-0.15, -0.1) is 0 Å². The van der Waals surface area contributed by atoms with Gasteiger partial charge in [-0.3, -0.25) is 9.59 Å². The maximum Gasteiger partial charge on any atom is 0.321 e. The Morgan fingerprint density at radius 1 is 0.829 bits per heavy atom. The van der Waals surface area contributed by atoms with Gasteiger partial charge in [-0.25, -0.2) is 15.0 Å². The van der Waals surface area contributed by atoms with Crippen molar-refractivity contribution in [1.29, 1.82) is 0 Å². The Bertz CT molecular complexity index is 2620. The van der Waals surface area contributed by atoms with Gasteiger partial charge in [0.05, 0.1) is 34.2 Å². The van der Waals surface area contributed by atoms with Crippen molar-refractivity contribution in [1.82, 2.24) is 5.32 Å². The molecule has 0 amide bonds. The standard InChI is InChI=1S/C61H78N4O5/c1-12-45-40(8)48-32-50-42(10)47(28-29-54(66)69-31-30-39(7)25-19-24-38(6)23-18-22-37(5)21-17-20-36(3)4)58(64-50)56-57(61(68)70-35-44-26-15-14-16-27-44)60(67)55-43(11)51(65-59(55)56)34-53-46(13-2)41(9)49(63-53)33-52(45)62-48/h12,14-16,26-27,30,32-34,36-38,42,47,57,64,67H,1,13,17-25,28-29,31,35H2,2-11H3/b39-30+,50-32?,52-33?,53-34?,58-56?/t37-,38-,42+,47+,57-/m1/s1. The molecule has 6 aliphatic rings. The average molecular weight is 947 g/mol. The Kier molecular flexibility index (Phi) is 17.4. The van der Waals surface area contributed by atoms with E-state index in [0.29, 0.717) is 34.9 Å². The van der Waals surface area contributed by atoms with E-state index in [-0.39, 0.29) is 43.2 Å². The largest absolute Gasteiger partial charge is 0.510 e. The number of fused-ring (bicyclic) bond motifs is 5. The number of esters is 2. The van der Waals surface area contributed by atoms with Crippen molar-refractivity contribution in [3.8, 4) is 0 Å². The van der Waals surface area contributed by atoms with E-state index in [9.17, 15) is 14.7 Å². The summed E-state index contributed by atoms with van der Waals surface area (Å²) in [5, 5.41) is 16.0. The molecule has 0 unspecified atom stereocenters. The van der Waals surface area contributed by atoms with E-state index in [1.54, 1.807) is 0 Å². The van der Waals surface area contributed by atoms with Crippen molar-refractivity contribution in [2.75, 3.05) is 6.61 Å². The van der Waals surface area contributed by atoms with Gasteiger partial charge in [-0.05, 0) is 123 Å². The van der Waals surface area contributed by atoms with E-state index >= 15 is 0 Å². The lowest BCUT2D eigenvalue weighted by Crippen LogP contribution is -2.25. The summed E-state index contributed by atoms with van der Waals surface area (Å²) in [6, 6.07) is 9.53. The number of aliphatic hydroxyl groups is 1. The van der Waals surface area contributed by atoms with Crippen LogP contribution in [-0.2, 0) is 25.7 Å². The first-order chi connectivity index (χ1) is 33.6. The summed E-state index contributed by atoms with van der Waals surface area (Å²) >= 11 is 0. The lowest BCUT2D eigenvalue weighted by molar-refractivity contribution is -0.148. The quantitative estimate of drug-likeness (QED) is 0.0882. The number of carbonyl (C=O) groups excluding carboxylic acids is 2. The van der Waals surface area contributed by atoms with Crippen molar-refractivity contribution in [3.63, 3.8) is 0 Å². The molecule has 0 radical (unpaired) electrons. The minimum Gasteiger partial charge on any atom is -0.510 e. The van der Waals surface area contributed by atoms with E-state index in [1.165, 1.54) is 50.5 Å². The second-order valence-electron chi connectivity index (χ2n) is 21.1. The van der Waals surface area contributed by atoms with Gasteiger partial charge in [0.15, 0.2) is 0 Å². The fourth-order valence-corrected chi connectivity index (χ4v) is 10.9. The van der Waals surface area contributed by atoms with Crippen molar-refractivity contribution in [3.05, 3.63) is 152 Å². The van der Waals surface area contributed by atoms with Crippen LogP contribution in [0.3, 0.4) is 0 Å². The van der Waals surface area contributed by atoms with Gasteiger partial charge in [0, 0.05) is 46.4 Å². The highest BCUT2D eigenvalue weighted by atomic mass is 16.5. The smallest absolute Gasteiger partial charge is 0.321 e. The van der Waals surface area contributed by atoms with Crippen LogP contribution in [0, 0.1) is 35.5 Å². The first kappa shape index (κ1) is 52.0. The number of rotatable bonds is 22. The number of carbonyl (C=O) groups is 2. The molecule has 1 aromatic rings. The van der Waals surface area contributed by atoms with E-state index in [4.69, 9.17) is 24.5 Å². The first-order valence-corrected chi connectivity index (χ1v) is 26.2. The molecule has 9 nitrogen and oxygen atoms in total. The van der Waals surface area contributed by atoms with Crippen molar-refractivity contribution in [2.24, 2.45) is 50.5 Å². The molecule has 0 spiro atoms. The summed E-state index contributed by atoms with van der Waals surface area (Å²) in [4.78, 5) is 43.6. The molecular formula is C61H78N4O5. The monoisotopic (exact) mass is 947 g/mol. The lowest BCUT2D eigenvalue weighted by Gasteiger charge is -2.21. The summed E-state index contributed by atoms with van der Waals surface area (Å²) < 4.78 is 11.9. The number of allylic oxidation sites excluding steroid dienone is 12. The molecule has 1 aromatic carbocycles. The normalized spacial score (nSPS) is 21.8. The highest BCUT2D eigenvalue weighted by Crippen LogP contribution is 2.49. The number of nitrogens with one attached hydrogen (secondary N) is 1. The maximum absolute atomic E-state index is 14.4. The van der Waals surface area contributed by atoms with Gasteiger partial charge in [-0.2, -0.15) is 0 Å². The molecule has 8 bridgehead atoms. The number of benzene rings is 1. The van der Waals surface area contributed by atoms with Gasteiger partial charge in [0.2, 0.25) is 0 Å². The molecule has 1 saturated heterocycles. The first-order valence-electron chi connectivity index (χ1n) is 26.2. The van der Waals surface area contributed by atoms with E-state index < -0.39 is 11.9 Å². The summed E-state index contributed by atoms with van der Waals surface area (Å²) in [6.45, 7) is 26.3. The van der Waals surface area contributed by atoms with Crippen molar-refractivity contribution >= 4 is 29.1 Å². The molecule has 7 rings (SSSR count). The fourth-order valence-electron chi connectivity index (χ4n) is 10.9. The zero-order valence-electron chi connectivity index (χ0n) is 43.8. The molecule has 70 heavy (non-hydrogen) atoms. The minimum absolute atomic E-state index is 0.0499. The van der Waals surface area contributed by atoms with Crippen LogP contribution in [0.4, 0.5) is 0 Å². The summed E-state index contributed by atoms with van der Waals surface area (Å²) in [7, 11) is 0. The summed E-state index contributed by atoms with van der Waals surface area (Å²) in [6.07, 6.45) is 22.6. The topological polar surface area (TPSA) is 122 Å². The van der Waals surface area contributed by atoms with Gasteiger partial charge in [0.1, 0.15) is 24.9 Å². The Labute approximate surface area is 418 Å². The zero-order chi connectivity index (χ0) is 50.2. The molecule has 2 N–H and O–H groups in total. The zero-order valence-corrected chi connectivity index (χ0v) is 43.8. The number of hydrogen-bond acceptors (Lipinski definition) is 9. The molecule has 5 atom stereocenters. The van der Waals surface area contributed by atoms with Crippen LogP contribution < -0.4 is 5.32 Å². The highest BCUT2D eigenvalue weighted by molar-refractivity contribution is 6.24. The van der Waals surface area contributed by atoms with Crippen molar-refractivity contribution < 1.29 is 24.2 Å². The van der Waals surface area contributed by atoms with Crippen LogP contribution in [0.5, 0.6) is 0 Å². The minimum atomic E-state index is -1.13. The number of aliphatic imine (C=N–C) groups is 3. The molecule has 372 valence electrons.